The molecule has 1 aliphatic heterocycles. The first-order valence-electron chi connectivity index (χ1n) is 8.97. The van der Waals surface area contributed by atoms with E-state index in [1.165, 1.54) is 11.3 Å². The first kappa shape index (κ1) is 19.1. The minimum atomic E-state index is 0.163. The van der Waals surface area contributed by atoms with Gasteiger partial charge in [0.25, 0.3) is 0 Å². The van der Waals surface area contributed by atoms with Crippen molar-refractivity contribution in [3.8, 4) is 5.75 Å². The van der Waals surface area contributed by atoms with Crippen molar-refractivity contribution in [3.63, 3.8) is 0 Å². The van der Waals surface area contributed by atoms with Gasteiger partial charge >= 0.3 is 0 Å². The molecule has 1 aromatic carbocycles. The molecule has 5 nitrogen and oxygen atoms in total. The highest BCUT2D eigenvalue weighted by molar-refractivity contribution is 7.09. The molecule has 1 amide bonds. The Morgan fingerprint density at radius 3 is 2.92 bits per heavy atom. The van der Waals surface area contributed by atoms with Gasteiger partial charge in [-0.05, 0) is 43.7 Å². The van der Waals surface area contributed by atoms with Crippen molar-refractivity contribution < 1.29 is 9.53 Å². The van der Waals surface area contributed by atoms with Gasteiger partial charge in [-0.2, -0.15) is 0 Å². The Bertz CT molecular complexity index is 714. The Hall–Kier alpha value is -1.63. The molecule has 1 fully saturated rings. The number of hydrogen-bond acceptors (Lipinski definition) is 5. The molecule has 0 aliphatic carbocycles. The van der Waals surface area contributed by atoms with Crippen LogP contribution in [0.15, 0.2) is 29.6 Å². The van der Waals surface area contributed by atoms with Crippen LogP contribution in [0.25, 0.3) is 0 Å². The molecule has 0 saturated carbocycles. The highest BCUT2D eigenvalue weighted by Gasteiger charge is 2.26. The van der Waals surface area contributed by atoms with Gasteiger partial charge in [0.2, 0.25) is 5.91 Å². The third-order valence-corrected chi connectivity index (χ3v) is 5.49. The Morgan fingerprint density at radius 2 is 2.23 bits per heavy atom. The summed E-state index contributed by atoms with van der Waals surface area (Å²) in [5.41, 5.74) is 0.821. The fourth-order valence-electron chi connectivity index (χ4n) is 3.09. The summed E-state index contributed by atoms with van der Waals surface area (Å²) < 4.78 is 5.72. The molecule has 7 heteroatoms. The maximum absolute atomic E-state index is 12.7. The van der Waals surface area contributed by atoms with Crippen LogP contribution < -0.4 is 10.1 Å². The molecular weight excluding hydrogens is 370 g/mol. The van der Waals surface area contributed by atoms with E-state index in [0.29, 0.717) is 24.1 Å². The van der Waals surface area contributed by atoms with Crippen LogP contribution in [0.2, 0.25) is 5.02 Å². The lowest BCUT2D eigenvalue weighted by atomic mass is 10.2. The second kappa shape index (κ2) is 9.35. The van der Waals surface area contributed by atoms with Crippen LogP contribution in [0.4, 0.5) is 0 Å². The average Bonchev–Trinajstić information content (AvgIpc) is 3.31. The summed E-state index contributed by atoms with van der Waals surface area (Å²) in [6.45, 7) is 5.19. The van der Waals surface area contributed by atoms with Crippen molar-refractivity contribution in [3.05, 3.63) is 45.4 Å². The molecule has 2 heterocycles. The summed E-state index contributed by atoms with van der Waals surface area (Å²) in [7, 11) is 0. The SMILES string of the molecule is CCCN(C(=O)Cc1csc(COc2ccc(Cl)cc2)n1)C1CCNC1. The predicted molar refractivity (Wildman–Crippen MR) is 105 cm³/mol. The molecule has 140 valence electrons. The van der Waals surface area contributed by atoms with E-state index in [0.717, 1.165) is 48.9 Å². The topological polar surface area (TPSA) is 54.5 Å². The number of rotatable bonds is 8. The number of thiazole rings is 1. The van der Waals surface area contributed by atoms with E-state index in [4.69, 9.17) is 16.3 Å². The molecule has 1 saturated heterocycles. The van der Waals surface area contributed by atoms with E-state index in [2.05, 4.69) is 17.2 Å². The van der Waals surface area contributed by atoms with Gasteiger partial charge in [-0.1, -0.05) is 18.5 Å². The fourth-order valence-corrected chi connectivity index (χ4v) is 3.92. The minimum Gasteiger partial charge on any atom is -0.486 e. The van der Waals surface area contributed by atoms with Gasteiger partial charge in [0.15, 0.2) is 0 Å². The molecule has 0 spiro atoms. The number of ether oxygens (including phenoxy) is 1. The van der Waals surface area contributed by atoms with Gasteiger partial charge in [-0.15, -0.1) is 11.3 Å². The Morgan fingerprint density at radius 1 is 1.42 bits per heavy atom. The molecule has 0 bridgehead atoms. The largest absolute Gasteiger partial charge is 0.486 e. The summed E-state index contributed by atoms with van der Waals surface area (Å²) in [4.78, 5) is 19.3. The molecule has 26 heavy (non-hydrogen) atoms. The maximum Gasteiger partial charge on any atom is 0.228 e. The number of nitrogens with one attached hydrogen (secondary N) is 1. The highest BCUT2D eigenvalue weighted by atomic mass is 35.5. The third kappa shape index (κ3) is 5.19. The van der Waals surface area contributed by atoms with E-state index in [9.17, 15) is 4.79 Å². The van der Waals surface area contributed by atoms with Gasteiger partial charge in [0.1, 0.15) is 17.4 Å². The van der Waals surface area contributed by atoms with Crippen molar-refractivity contribution in [2.75, 3.05) is 19.6 Å². The Kier molecular flexibility index (Phi) is 6.88. The van der Waals surface area contributed by atoms with Gasteiger partial charge < -0.3 is 15.0 Å². The summed E-state index contributed by atoms with van der Waals surface area (Å²) in [5.74, 6) is 0.918. The van der Waals surface area contributed by atoms with Crippen LogP contribution in [0, 0.1) is 0 Å². The molecule has 1 aromatic heterocycles. The Balaban J connectivity index is 1.54. The number of hydrogen-bond donors (Lipinski definition) is 1. The number of halogens is 1. The lowest BCUT2D eigenvalue weighted by molar-refractivity contribution is -0.132. The zero-order chi connectivity index (χ0) is 18.4. The van der Waals surface area contributed by atoms with E-state index >= 15 is 0 Å². The number of aromatic nitrogens is 1. The smallest absolute Gasteiger partial charge is 0.228 e. The van der Waals surface area contributed by atoms with Gasteiger partial charge in [-0.25, -0.2) is 4.98 Å². The summed E-state index contributed by atoms with van der Waals surface area (Å²) >= 11 is 7.40. The fraction of sp³-hybridized carbons (Fsp3) is 0.474. The van der Waals surface area contributed by atoms with Crippen LogP contribution in [-0.2, 0) is 17.8 Å². The van der Waals surface area contributed by atoms with E-state index in [1.807, 2.05) is 22.4 Å². The van der Waals surface area contributed by atoms with Crippen LogP contribution in [0.5, 0.6) is 5.75 Å². The van der Waals surface area contributed by atoms with Crippen molar-refractivity contribution in [1.82, 2.24) is 15.2 Å². The van der Waals surface area contributed by atoms with Gasteiger partial charge in [0.05, 0.1) is 12.1 Å². The Labute approximate surface area is 163 Å². The van der Waals surface area contributed by atoms with Crippen LogP contribution in [0.3, 0.4) is 0 Å². The first-order chi connectivity index (χ1) is 12.7. The highest BCUT2D eigenvalue weighted by Crippen LogP contribution is 2.19. The van der Waals surface area contributed by atoms with Crippen molar-refractivity contribution >= 4 is 28.8 Å². The van der Waals surface area contributed by atoms with E-state index in [-0.39, 0.29) is 5.91 Å². The number of amides is 1. The number of carbonyl (C=O) groups excluding carboxylic acids is 1. The summed E-state index contributed by atoms with van der Waals surface area (Å²) in [5, 5.41) is 6.84. The number of nitrogens with zero attached hydrogens (tertiary/aromatic N) is 2. The predicted octanol–water partition coefficient (Wildman–Crippen LogP) is 3.52. The van der Waals surface area contributed by atoms with E-state index in [1.54, 1.807) is 12.1 Å². The average molecular weight is 394 g/mol. The normalized spacial score (nSPS) is 16.6. The zero-order valence-corrected chi connectivity index (χ0v) is 16.5. The van der Waals surface area contributed by atoms with Gasteiger partial charge in [0, 0.05) is 29.5 Å². The quantitative estimate of drug-likeness (QED) is 0.745. The third-order valence-electron chi connectivity index (χ3n) is 4.37. The lowest BCUT2D eigenvalue weighted by Crippen LogP contribution is -2.42. The standard InChI is InChI=1S/C19H24ClN3O2S/c1-2-9-23(16-7-8-21-11-16)19(24)10-15-13-26-18(22-15)12-25-17-5-3-14(20)4-6-17/h3-6,13,16,21H,2,7-12H2,1H3. The van der Waals surface area contributed by atoms with Crippen LogP contribution >= 0.6 is 22.9 Å². The summed E-state index contributed by atoms with van der Waals surface area (Å²) in [6.07, 6.45) is 2.36. The number of benzene rings is 1. The molecule has 2 aromatic rings. The van der Waals surface area contributed by atoms with Crippen molar-refractivity contribution in [2.24, 2.45) is 0 Å². The van der Waals surface area contributed by atoms with Gasteiger partial charge in [-0.3, -0.25) is 4.79 Å². The minimum absolute atomic E-state index is 0.163. The maximum atomic E-state index is 12.7. The molecule has 1 aliphatic rings. The zero-order valence-electron chi connectivity index (χ0n) is 14.9. The van der Waals surface area contributed by atoms with Crippen molar-refractivity contribution in [1.29, 1.82) is 0 Å². The molecule has 0 radical (unpaired) electrons. The second-order valence-corrected chi connectivity index (χ2v) is 7.76. The van der Waals surface area contributed by atoms with Crippen LogP contribution in [0.1, 0.15) is 30.5 Å². The van der Waals surface area contributed by atoms with Crippen molar-refractivity contribution in [2.45, 2.75) is 38.8 Å². The molecule has 3 rings (SSSR count). The molecular formula is C19H24ClN3O2S. The molecule has 1 N–H and O–H groups in total. The van der Waals surface area contributed by atoms with E-state index < -0.39 is 0 Å². The monoisotopic (exact) mass is 393 g/mol. The first-order valence-corrected chi connectivity index (χ1v) is 10.2. The molecule has 1 unspecified atom stereocenters. The summed E-state index contributed by atoms with van der Waals surface area (Å²) in [6, 6.07) is 7.57. The molecule has 1 atom stereocenters. The second-order valence-electron chi connectivity index (χ2n) is 6.39. The van der Waals surface area contributed by atoms with Crippen LogP contribution in [-0.4, -0.2) is 41.5 Å². The number of carbonyl (C=O) groups is 1. The lowest BCUT2D eigenvalue weighted by Gasteiger charge is -2.28.